The van der Waals surface area contributed by atoms with E-state index in [2.05, 4.69) is 20.8 Å². The van der Waals surface area contributed by atoms with Gasteiger partial charge in [0.1, 0.15) is 5.82 Å². The SMILES string of the molecule is Cc1cccc(NC(=O)CSc2nnc(CC(=O)Nc3cccc(Cl)c3Cl)n2C)c1C. The maximum Gasteiger partial charge on any atom is 0.234 e. The molecule has 0 saturated carbocycles. The lowest BCUT2D eigenvalue weighted by atomic mass is 10.1. The second-order valence-electron chi connectivity index (χ2n) is 6.87. The molecule has 0 saturated heterocycles. The first-order valence-electron chi connectivity index (χ1n) is 9.37. The number of nitrogens with one attached hydrogen (secondary N) is 2. The smallest absolute Gasteiger partial charge is 0.234 e. The van der Waals surface area contributed by atoms with Crippen molar-refractivity contribution < 1.29 is 9.59 Å². The number of benzene rings is 2. The number of aryl methyl sites for hydroxylation is 1. The minimum absolute atomic E-state index is 0.00157. The third kappa shape index (κ3) is 5.78. The molecule has 1 heterocycles. The molecule has 0 bridgehead atoms. The monoisotopic (exact) mass is 477 g/mol. The summed E-state index contributed by atoms with van der Waals surface area (Å²) in [6.07, 6.45) is 0.00157. The number of amides is 2. The number of hydrogen-bond acceptors (Lipinski definition) is 5. The van der Waals surface area contributed by atoms with Gasteiger partial charge in [-0.3, -0.25) is 9.59 Å². The highest BCUT2D eigenvalue weighted by Gasteiger charge is 2.16. The van der Waals surface area contributed by atoms with E-state index in [1.54, 1.807) is 29.8 Å². The summed E-state index contributed by atoms with van der Waals surface area (Å²) >= 11 is 13.3. The van der Waals surface area contributed by atoms with E-state index in [0.717, 1.165) is 16.8 Å². The average Bonchev–Trinajstić information content (AvgIpc) is 3.07. The molecule has 0 unspecified atom stereocenters. The molecule has 3 aromatic rings. The van der Waals surface area contributed by atoms with Crippen molar-refractivity contribution in [1.82, 2.24) is 14.8 Å². The summed E-state index contributed by atoms with van der Waals surface area (Å²) in [5.74, 6) is 0.192. The molecule has 31 heavy (non-hydrogen) atoms. The molecule has 0 spiro atoms. The van der Waals surface area contributed by atoms with Gasteiger partial charge in [0.2, 0.25) is 11.8 Å². The Hall–Kier alpha value is -2.55. The van der Waals surface area contributed by atoms with Crippen molar-refractivity contribution in [1.29, 1.82) is 0 Å². The molecule has 2 amide bonds. The maximum atomic E-state index is 12.4. The van der Waals surface area contributed by atoms with E-state index in [-0.39, 0.29) is 29.0 Å². The predicted molar refractivity (Wildman–Crippen MR) is 125 cm³/mol. The zero-order valence-corrected chi connectivity index (χ0v) is 19.5. The summed E-state index contributed by atoms with van der Waals surface area (Å²) < 4.78 is 1.69. The fraction of sp³-hybridized carbons (Fsp3) is 0.238. The lowest BCUT2D eigenvalue weighted by Gasteiger charge is -2.10. The number of aromatic nitrogens is 3. The van der Waals surface area contributed by atoms with Gasteiger partial charge in [0.15, 0.2) is 5.16 Å². The number of carbonyl (C=O) groups excluding carboxylic acids is 2. The lowest BCUT2D eigenvalue weighted by Crippen LogP contribution is -2.17. The average molecular weight is 478 g/mol. The van der Waals surface area contributed by atoms with Crippen LogP contribution in [0.1, 0.15) is 17.0 Å². The van der Waals surface area contributed by atoms with E-state index in [1.165, 1.54) is 11.8 Å². The molecule has 1 aromatic heterocycles. The van der Waals surface area contributed by atoms with Gasteiger partial charge in [0, 0.05) is 12.7 Å². The highest BCUT2D eigenvalue weighted by molar-refractivity contribution is 7.99. The number of anilines is 2. The zero-order chi connectivity index (χ0) is 22.5. The molecular weight excluding hydrogens is 457 g/mol. The van der Waals surface area contributed by atoms with E-state index in [4.69, 9.17) is 23.2 Å². The van der Waals surface area contributed by atoms with E-state index in [1.807, 2.05) is 32.0 Å². The van der Waals surface area contributed by atoms with Gasteiger partial charge in [-0.05, 0) is 43.2 Å². The summed E-state index contributed by atoms with van der Waals surface area (Å²) in [6, 6.07) is 10.8. The molecule has 10 heteroatoms. The molecule has 0 fully saturated rings. The Morgan fingerprint density at radius 1 is 1.00 bits per heavy atom. The van der Waals surface area contributed by atoms with Crippen LogP contribution in [-0.4, -0.2) is 32.3 Å². The van der Waals surface area contributed by atoms with Crippen molar-refractivity contribution in [2.24, 2.45) is 7.05 Å². The van der Waals surface area contributed by atoms with Crippen LogP contribution < -0.4 is 10.6 Å². The van der Waals surface area contributed by atoms with Crippen LogP contribution in [0.5, 0.6) is 0 Å². The molecule has 2 aromatic carbocycles. The topological polar surface area (TPSA) is 88.9 Å². The largest absolute Gasteiger partial charge is 0.325 e. The highest BCUT2D eigenvalue weighted by atomic mass is 35.5. The third-order valence-corrected chi connectivity index (χ3v) is 6.52. The Morgan fingerprint density at radius 3 is 2.45 bits per heavy atom. The fourth-order valence-corrected chi connectivity index (χ4v) is 3.84. The Bertz CT molecular complexity index is 1130. The summed E-state index contributed by atoms with van der Waals surface area (Å²) in [5.41, 5.74) is 3.37. The van der Waals surface area contributed by atoms with Gasteiger partial charge in [-0.2, -0.15) is 0 Å². The molecule has 162 valence electrons. The first-order valence-corrected chi connectivity index (χ1v) is 11.1. The number of nitrogens with zero attached hydrogens (tertiary/aromatic N) is 3. The molecule has 0 aliphatic carbocycles. The molecule has 0 radical (unpaired) electrons. The Balaban J connectivity index is 1.57. The van der Waals surface area contributed by atoms with Gasteiger partial charge in [0.25, 0.3) is 0 Å². The van der Waals surface area contributed by atoms with Crippen molar-refractivity contribution in [3.8, 4) is 0 Å². The van der Waals surface area contributed by atoms with Crippen molar-refractivity contribution in [2.75, 3.05) is 16.4 Å². The lowest BCUT2D eigenvalue weighted by molar-refractivity contribution is -0.116. The molecule has 7 nitrogen and oxygen atoms in total. The number of rotatable bonds is 7. The third-order valence-electron chi connectivity index (χ3n) is 4.68. The summed E-state index contributed by atoms with van der Waals surface area (Å²) in [5, 5.41) is 15.0. The number of halogens is 2. The van der Waals surface area contributed by atoms with Crippen LogP contribution in [0.4, 0.5) is 11.4 Å². The normalized spacial score (nSPS) is 10.7. The van der Waals surface area contributed by atoms with Gasteiger partial charge in [-0.25, -0.2) is 0 Å². The Kier molecular flexibility index (Phi) is 7.59. The standard InChI is InChI=1S/C21H21Cl2N5O2S/c1-12-6-4-8-15(13(12)2)24-19(30)11-31-21-27-26-17(28(21)3)10-18(29)25-16-9-5-7-14(22)20(16)23/h4-9H,10-11H2,1-3H3,(H,24,30)(H,25,29). The van der Waals surface area contributed by atoms with E-state index >= 15 is 0 Å². The van der Waals surface area contributed by atoms with E-state index < -0.39 is 0 Å². The van der Waals surface area contributed by atoms with Gasteiger partial charge < -0.3 is 15.2 Å². The summed E-state index contributed by atoms with van der Waals surface area (Å²) in [4.78, 5) is 24.7. The first kappa shape index (κ1) is 23.1. The molecule has 0 aliphatic heterocycles. The first-order chi connectivity index (χ1) is 14.8. The van der Waals surface area contributed by atoms with Crippen molar-refractivity contribution in [3.63, 3.8) is 0 Å². The van der Waals surface area contributed by atoms with E-state index in [9.17, 15) is 9.59 Å². The van der Waals surface area contributed by atoms with Crippen LogP contribution in [0, 0.1) is 13.8 Å². The molecule has 0 aliphatic rings. The Labute approximate surface area is 194 Å². The van der Waals surface area contributed by atoms with Crippen LogP contribution in [-0.2, 0) is 23.1 Å². The highest BCUT2D eigenvalue weighted by Crippen LogP contribution is 2.29. The van der Waals surface area contributed by atoms with E-state index in [0.29, 0.717) is 21.7 Å². The van der Waals surface area contributed by atoms with Gasteiger partial charge >= 0.3 is 0 Å². The second-order valence-corrected chi connectivity index (χ2v) is 8.60. The number of carbonyl (C=O) groups is 2. The minimum atomic E-state index is -0.302. The van der Waals surface area contributed by atoms with Gasteiger partial charge in [-0.15, -0.1) is 10.2 Å². The van der Waals surface area contributed by atoms with Crippen molar-refractivity contribution in [3.05, 3.63) is 63.4 Å². The molecule has 2 N–H and O–H groups in total. The molecule has 3 rings (SSSR count). The molecular formula is C21H21Cl2N5O2S. The van der Waals surface area contributed by atoms with Crippen LogP contribution in [0.15, 0.2) is 41.6 Å². The predicted octanol–water partition coefficient (Wildman–Crippen LogP) is 4.65. The summed E-state index contributed by atoms with van der Waals surface area (Å²) in [6.45, 7) is 3.96. The van der Waals surface area contributed by atoms with Crippen molar-refractivity contribution in [2.45, 2.75) is 25.4 Å². The van der Waals surface area contributed by atoms with Crippen LogP contribution in [0.3, 0.4) is 0 Å². The summed E-state index contributed by atoms with van der Waals surface area (Å²) in [7, 11) is 1.75. The zero-order valence-electron chi connectivity index (χ0n) is 17.2. The fourth-order valence-electron chi connectivity index (χ4n) is 2.77. The van der Waals surface area contributed by atoms with Crippen LogP contribution in [0.25, 0.3) is 0 Å². The maximum absolute atomic E-state index is 12.4. The van der Waals surface area contributed by atoms with Crippen LogP contribution in [0.2, 0.25) is 10.0 Å². The molecule has 0 atom stereocenters. The number of hydrogen-bond donors (Lipinski definition) is 2. The van der Waals surface area contributed by atoms with Gasteiger partial charge in [-0.1, -0.05) is 53.2 Å². The van der Waals surface area contributed by atoms with Gasteiger partial charge in [0.05, 0.1) is 27.9 Å². The minimum Gasteiger partial charge on any atom is -0.325 e. The second kappa shape index (κ2) is 10.2. The number of thioether (sulfide) groups is 1. The Morgan fingerprint density at radius 2 is 1.68 bits per heavy atom. The quantitative estimate of drug-likeness (QED) is 0.483. The van der Waals surface area contributed by atoms with Crippen LogP contribution >= 0.6 is 35.0 Å². The van der Waals surface area contributed by atoms with Crippen molar-refractivity contribution >= 4 is 58.2 Å².